The van der Waals surface area contributed by atoms with E-state index in [0.717, 1.165) is 0 Å². The highest BCUT2D eigenvalue weighted by molar-refractivity contribution is 4.95. The fourth-order valence-electron chi connectivity index (χ4n) is 0.124. The van der Waals surface area contributed by atoms with E-state index in [-0.39, 0.29) is 12.2 Å². The van der Waals surface area contributed by atoms with Crippen LogP contribution in [0.4, 0.5) is 0 Å². The molecule has 0 aliphatic rings. The van der Waals surface area contributed by atoms with Crippen molar-refractivity contribution in [3.63, 3.8) is 0 Å². The lowest BCUT2D eigenvalue weighted by Crippen LogP contribution is -1.93. The molecule has 0 spiro atoms. The molecule has 0 saturated heterocycles. The van der Waals surface area contributed by atoms with Gasteiger partial charge in [-0.1, -0.05) is 0 Å². The predicted octanol–water partition coefficient (Wildman–Crippen LogP) is -0.149. The average molecular weight is 103 g/mol. The number of aliphatic hydroxyl groups is 2. The summed E-state index contributed by atoms with van der Waals surface area (Å²) in [5.74, 6) is 0. The fourth-order valence-corrected chi connectivity index (χ4v) is 0.124. The summed E-state index contributed by atoms with van der Waals surface area (Å²) >= 11 is 0. The fraction of sp³-hybridized carbons (Fsp3) is 0.500. The number of rotatable bonds is 2. The maximum atomic E-state index is 9.70. The van der Waals surface area contributed by atoms with Crippen LogP contribution >= 0.6 is 0 Å². The Kier molecular flexibility index (Phi) is 3.36. The summed E-state index contributed by atoms with van der Waals surface area (Å²) in [6.45, 7) is -0.882. The maximum Gasteiger partial charge on any atom is 0.109 e. The van der Waals surface area contributed by atoms with Crippen molar-refractivity contribution in [3.05, 3.63) is 11.8 Å². The van der Waals surface area contributed by atoms with E-state index in [2.05, 4.69) is 0 Å². The second-order valence-electron chi connectivity index (χ2n) is 1.09. The lowest BCUT2D eigenvalue weighted by Gasteiger charge is -1.88. The molecule has 0 saturated carbocycles. The lowest BCUT2D eigenvalue weighted by atomic mass is 10.3. The van der Waals surface area contributed by atoms with Gasteiger partial charge in [-0.25, -0.2) is 5.11 Å². The monoisotopic (exact) mass is 103 g/mol. The molecule has 0 aromatic carbocycles. The molecule has 41 valence electrons. The van der Waals surface area contributed by atoms with Gasteiger partial charge in [0, 0.05) is 5.57 Å². The molecule has 7 heavy (non-hydrogen) atoms. The SMILES string of the molecule is [O]CC(=CO)CO. The van der Waals surface area contributed by atoms with E-state index in [1.54, 1.807) is 0 Å². The van der Waals surface area contributed by atoms with Gasteiger partial charge in [0.1, 0.15) is 6.61 Å². The van der Waals surface area contributed by atoms with E-state index < -0.39 is 6.61 Å². The van der Waals surface area contributed by atoms with Gasteiger partial charge in [-0.05, 0) is 0 Å². The summed E-state index contributed by atoms with van der Waals surface area (Å²) in [5, 5.41) is 25.8. The molecule has 0 aliphatic carbocycles. The summed E-state index contributed by atoms with van der Waals surface area (Å²) in [6.07, 6.45) is 0.632. The van der Waals surface area contributed by atoms with Crippen LogP contribution in [0, 0.1) is 0 Å². The molecule has 0 bridgehead atoms. The van der Waals surface area contributed by atoms with Gasteiger partial charge in [0.15, 0.2) is 0 Å². The van der Waals surface area contributed by atoms with Gasteiger partial charge in [0.25, 0.3) is 0 Å². The highest BCUT2D eigenvalue weighted by Crippen LogP contribution is 1.85. The minimum Gasteiger partial charge on any atom is -0.515 e. The van der Waals surface area contributed by atoms with E-state index in [9.17, 15) is 5.11 Å². The number of hydrogen-bond acceptors (Lipinski definition) is 2. The third kappa shape index (κ3) is 2.19. The normalized spacial score (nSPS) is 12.0. The highest BCUT2D eigenvalue weighted by Gasteiger charge is 1.88. The maximum absolute atomic E-state index is 9.70. The molecule has 0 aromatic rings. The van der Waals surface area contributed by atoms with Crippen molar-refractivity contribution < 1.29 is 15.3 Å². The van der Waals surface area contributed by atoms with Crippen molar-refractivity contribution in [2.45, 2.75) is 0 Å². The van der Waals surface area contributed by atoms with Crippen LogP contribution in [0.3, 0.4) is 0 Å². The standard InChI is InChI=1S/C4H7O3/c5-1-4(2-6)3-7/h1,5-6H,2-3H2. The largest absolute Gasteiger partial charge is 0.515 e. The van der Waals surface area contributed by atoms with E-state index in [1.165, 1.54) is 0 Å². The number of aliphatic hydroxyl groups excluding tert-OH is 2. The summed E-state index contributed by atoms with van der Waals surface area (Å²) in [4.78, 5) is 0. The molecule has 3 nitrogen and oxygen atoms in total. The van der Waals surface area contributed by atoms with Gasteiger partial charge >= 0.3 is 0 Å². The Balaban J connectivity index is 3.38. The molecule has 0 amide bonds. The molecule has 0 heterocycles. The Hall–Kier alpha value is -0.540. The van der Waals surface area contributed by atoms with Gasteiger partial charge in [-0.3, -0.25) is 0 Å². The van der Waals surface area contributed by atoms with Gasteiger partial charge in [0.2, 0.25) is 0 Å². The first kappa shape index (κ1) is 6.46. The minimum atomic E-state index is -0.535. The highest BCUT2D eigenvalue weighted by atomic mass is 16.3. The molecule has 1 radical (unpaired) electrons. The number of hydrogen-bond donors (Lipinski definition) is 2. The summed E-state index contributed by atoms with van der Waals surface area (Å²) in [6, 6.07) is 0. The van der Waals surface area contributed by atoms with E-state index >= 15 is 0 Å². The second-order valence-corrected chi connectivity index (χ2v) is 1.09. The minimum absolute atomic E-state index is 0.111. The van der Waals surface area contributed by atoms with Crippen molar-refractivity contribution in [2.75, 3.05) is 13.2 Å². The first-order valence-corrected chi connectivity index (χ1v) is 1.86. The van der Waals surface area contributed by atoms with Crippen LogP contribution in [0.5, 0.6) is 0 Å². The molecule has 0 fully saturated rings. The Morgan fingerprint density at radius 2 is 2.29 bits per heavy atom. The molecule has 0 rings (SSSR count). The molecule has 0 aromatic heterocycles. The molecular weight excluding hydrogens is 96.0 g/mol. The molecular formula is C4H7O3. The van der Waals surface area contributed by atoms with Crippen molar-refractivity contribution in [1.82, 2.24) is 0 Å². The quantitative estimate of drug-likeness (QED) is 0.477. The molecule has 0 unspecified atom stereocenters. The summed E-state index contributed by atoms with van der Waals surface area (Å²) in [5.41, 5.74) is 0.111. The van der Waals surface area contributed by atoms with Crippen molar-refractivity contribution in [3.8, 4) is 0 Å². The first-order chi connectivity index (χ1) is 3.35. The van der Waals surface area contributed by atoms with E-state index in [1.807, 2.05) is 0 Å². The second kappa shape index (κ2) is 3.64. The molecule has 3 heteroatoms. The van der Waals surface area contributed by atoms with Crippen LogP contribution in [-0.2, 0) is 5.11 Å². The summed E-state index contributed by atoms with van der Waals surface area (Å²) < 4.78 is 0. The first-order valence-electron chi connectivity index (χ1n) is 1.86. The van der Waals surface area contributed by atoms with E-state index in [4.69, 9.17) is 10.2 Å². The van der Waals surface area contributed by atoms with Crippen LogP contribution < -0.4 is 0 Å². The predicted molar refractivity (Wildman–Crippen MR) is 23.4 cm³/mol. The van der Waals surface area contributed by atoms with Crippen molar-refractivity contribution >= 4 is 0 Å². The van der Waals surface area contributed by atoms with Crippen LogP contribution in [0.1, 0.15) is 0 Å². The lowest BCUT2D eigenvalue weighted by molar-refractivity contribution is 0.199. The third-order valence-electron chi connectivity index (χ3n) is 0.571. The Morgan fingerprint density at radius 3 is 2.29 bits per heavy atom. The van der Waals surface area contributed by atoms with Crippen LogP contribution in [0.25, 0.3) is 0 Å². The van der Waals surface area contributed by atoms with E-state index in [0.29, 0.717) is 6.26 Å². The average Bonchev–Trinajstić information content (AvgIpc) is 1.72. The van der Waals surface area contributed by atoms with Crippen LogP contribution in [0.15, 0.2) is 11.8 Å². The molecule has 0 atom stereocenters. The zero-order valence-electron chi connectivity index (χ0n) is 3.79. The zero-order valence-corrected chi connectivity index (χ0v) is 3.79. The zero-order chi connectivity index (χ0) is 5.70. The van der Waals surface area contributed by atoms with Gasteiger partial charge in [-0.2, -0.15) is 0 Å². The Morgan fingerprint density at radius 1 is 1.71 bits per heavy atom. The topological polar surface area (TPSA) is 60.4 Å². The van der Waals surface area contributed by atoms with Crippen molar-refractivity contribution in [1.29, 1.82) is 0 Å². The Bertz CT molecular complexity index is 61.3. The van der Waals surface area contributed by atoms with Crippen LogP contribution in [-0.4, -0.2) is 23.4 Å². The third-order valence-corrected chi connectivity index (χ3v) is 0.571. The van der Waals surface area contributed by atoms with Crippen LogP contribution in [0.2, 0.25) is 0 Å². The van der Waals surface area contributed by atoms with Gasteiger partial charge in [0.05, 0.1) is 12.9 Å². The smallest absolute Gasteiger partial charge is 0.109 e. The summed E-state index contributed by atoms with van der Waals surface area (Å²) in [7, 11) is 0. The molecule has 2 N–H and O–H groups in total. The van der Waals surface area contributed by atoms with Gasteiger partial charge in [-0.15, -0.1) is 0 Å². The van der Waals surface area contributed by atoms with Crippen molar-refractivity contribution in [2.24, 2.45) is 0 Å². The van der Waals surface area contributed by atoms with Gasteiger partial charge < -0.3 is 10.2 Å². The molecule has 0 aliphatic heterocycles. The Labute approximate surface area is 41.5 Å².